The van der Waals surface area contributed by atoms with Crippen molar-refractivity contribution < 1.29 is 33.4 Å². The van der Waals surface area contributed by atoms with E-state index in [2.05, 4.69) is 103 Å². The van der Waals surface area contributed by atoms with Gasteiger partial charge in [0.15, 0.2) is 0 Å². The number of hydrazine groups is 1. The smallest absolute Gasteiger partial charge is 0.324 e. The predicted molar refractivity (Wildman–Crippen MR) is 312 cm³/mol. The first-order chi connectivity index (χ1) is 39.3. The number of morpholine rings is 1. The number of hydrogen-bond donors (Lipinski definition) is 3. The van der Waals surface area contributed by atoms with Crippen LogP contribution < -0.4 is 25.9 Å². The van der Waals surface area contributed by atoms with Crippen molar-refractivity contribution >= 4 is 46.0 Å². The van der Waals surface area contributed by atoms with E-state index in [1.165, 1.54) is 44.2 Å². The fraction of sp³-hybridized carbons (Fsp3) is 0.730. The lowest BCUT2D eigenvalue weighted by molar-refractivity contribution is -0.156. The number of piperazine rings is 1. The molecule has 2 aliphatic carbocycles. The number of anilines is 2. The number of nitrogens with one attached hydrogen (secondary N) is 3. The number of aromatic nitrogens is 2. The third kappa shape index (κ3) is 11.1. The Morgan fingerprint density at radius 3 is 2.52 bits per heavy atom. The molecule has 3 amide bonds. The monoisotopic (exact) mass is 1110 g/mol. The van der Waals surface area contributed by atoms with E-state index in [0.29, 0.717) is 63.5 Å². The van der Waals surface area contributed by atoms with Crippen LogP contribution in [0.4, 0.5) is 11.4 Å². The van der Waals surface area contributed by atoms with Crippen LogP contribution in [0, 0.1) is 22.7 Å². The highest BCUT2D eigenvalue weighted by molar-refractivity contribution is 5.95. The van der Waals surface area contributed by atoms with Crippen LogP contribution in [0.3, 0.4) is 0 Å². The summed E-state index contributed by atoms with van der Waals surface area (Å²) in [4.78, 5) is 75.9. The highest BCUT2D eigenvalue weighted by atomic mass is 16.5. The number of esters is 1. The third-order valence-electron chi connectivity index (χ3n) is 20.9. The number of aryl methyl sites for hydroxylation is 1. The van der Waals surface area contributed by atoms with E-state index in [1.807, 2.05) is 0 Å². The van der Waals surface area contributed by atoms with Gasteiger partial charge in [0.2, 0.25) is 11.8 Å². The molecule has 0 unspecified atom stereocenters. The molecule has 10 aliphatic rings. The lowest BCUT2D eigenvalue weighted by Crippen LogP contribution is -2.62. The summed E-state index contributed by atoms with van der Waals surface area (Å²) >= 11 is 0. The molecule has 81 heavy (non-hydrogen) atoms. The molecule has 9 fully saturated rings. The minimum Gasteiger partial charge on any atom is -0.464 e. The summed E-state index contributed by atoms with van der Waals surface area (Å²) in [6.07, 6.45) is 15.7. The Hall–Kier alpha value is -4.85. The normalized spacial score (nSPS) is 31.3. The minimum atomic E-state index is -0.900. The molecule has 18 heteroatoms. The molecule has 2 saturated carbocycles. The third-order valence-corrected chi connectivity index (χ3v) is 20.9. The van der Waals surface area contributed by atoms with E-state index in [9.17, 15) is 9.59 Å². The van der Waals surface area contributed by atoms with Gasteiger partial charge in [0.05, 0.1) is 54.7 Å². The SMILES string of the molecule is CCn1c(-c2cc(N3CCN4CCCC[C@@H]4C3)cnc2[C@H](C)OC)c2c3cc(ccc31)N1CCO[C@@H](C[C@H](NC(=O)[C@H](C3CCCC3)N3CC[C@]4(CCN(C(=O)[C@@H]5N[C@@H]5C5CC5)C4)C3)C(=O)N3CCC[C@H](N3)C(=O)OCC(C)(C)C2)C1. The molecule has 3 aromatic rings. The molecule has 0 radical (unpaired) electrons. The number of rotatable bonds is 11. The standard InChI is InChI=1S/C63H91N11O7/c1-6-73-52-19-18-43-30-47(52)49(57(73)48-31-45(34-64-53(48)40(2)79-5)69-27-26-68-22-10-9-14-44(68)35-69)33-62(3,4)39-81-61(78)50-15-11-23-74(67-50)59(76)51(32-46-36-70(43)28-29-80-46)65-58(75)56(42-12-7-8-13-42)71-24-20-63(37-71)21-25-72(38-63)60(77)55-54(66-55)41-16-17-41/h18-19,30-31,34,40-42,44,46,50-51,54-56,66-67H,6-17,20-29,32-33,35-39H2,1-5H3,(H,65,75)/t40-,44+,46-,50-,51-,54+,55+,56-,63-/m0/s1. The van der Waals surface area contributed by atoms with Gasteiger partial charge in [-0.3, -0.25) is 44.3 Å². The Balaban J connectivity index is 0.812. The second-order valence-corrected chi connectivity index (χ2v) is 27.1. The summed E-state index contributed by atoms with van der Waals surface area (Å²) in [5, 5.41) is 9.61. The van der Waals surface area contributed by atoms with Gasteiger partial charge < -0.3 is 38.8 Å². The van der Waals surface area contributed by atoms with Crippen molar-refractivity contribution in [2.24, 2.45) is 22.7 Å². The van der Waals surface area contributed by atoms with Crippen molar-refractivity contribution in [1.29, 1.82) is 0 Å². The number of amides is 3. The van der Waals surface area contributed by atoms with Crippen molar-refractivity contribution in [3.05, 3.63) is 41.7 Å². The van der Waals surface area contributed by atoms with Crippen LogP contribution in [0.25, 0.3) is 22.2 Å². The van der Waals surface area contributed by atoms with E-state index in [-0.39, 0.29) is 72.3 Å². The maximum atomic E-state index is 15.3. The minimum absolute atomic E-state index is 0.0256. The summed E-state index contributed by atoms with van der Waals surface area (Å²) in [5.74, 6) is 0.349. The summed E-state index contributed by atoms with van der Waals surface area (Å²) in [7, 11) is 1.76. The highest BCUT2D eigenvalue weighted by Crippen LogP contribution is 2.47. The van der Waals surface area contributed by atoms with Crippen LogP contribution in [0.15, 0.2) is 30.5 Å². The van der Waals surface area contributed by atoms with Crippen LogP contribution in [-0.2, 0) is 46.4 Å². The number of carbonyl (C=O) groups is 4. The van der Waals surface area contributed by atoms with Crippen LogP contribution in [0.5, 0.6) is 0 Å². The Morgan fingerprint density at radius 2 is 1.70 bits per heavy atom. The maximum Gasteiger partial charge on any atom is 0.324 e. The average Bonchev–Trinajstić information content (AvgIpc) is 4.16. The molecule has 7 saturated heterocycles. The second-order valence-electron chi connectivity index (χ2n) is 27.1. The molecule has 6 bridgehead atoms. The zero-order chi connectivity index (χ0) is 55.7. The topological polar surface area (TPSA) is 179 Å². The van der Waals surface area contributed by atoms with E-state index in [0.717, 1.165) is 130 Å². The molecule has 10 heterocycles. The number of hydrogen-bond acceptors (Lipinski definition) is 14. The molecule has 2 aromatic heterocycles. The van der Waals surface area contributed by atoms with Crippen LogP contribution in [0.2, 0.25) is 0 Å². The summed E-state index contributed by atoms with van der Waals surface area (Å²) in [5.41, 5.74) is 10.4. The molecule has 3 N–H and O–H groups in total. The van der Waals surface area contributed by atoms with Crippen molar-refractivity contribution in [2.45, 2.75) is 179 Å². The number of piperidine rings is 1. The highest BCUT2D eigenvalue weighted by Gasteiger charge is 2.55. The molecule has 13 rings (SSSR count). The number of benzene rings is 1. The van der Waals surface area contributed by atoms with E-state index >= 15 is 9.59 Å². The van der Waals surface area contributed by atoms with Gasteiger partial charge in [-0.25, -0.2) is 5.43 Å². The van der Waals surface area contributed by atoms with Crippen LogP contribution in [-0.4, -0.2) is 188 Å². The summed E-state index contributed by atoms with van der Waals surface area (Å²) in [6, 6.07) is 8.09. The van der Waals surface area contributed by atoms with Crippen molar-refractivity contribution in [2.75, 3.05) is 102 Å². The van der Waals surface area contributed by atoms with Crippen molar-refractivity contribution in [1.82, 2.24) is 45.3 Å². The Morgan fingerprint density at radius 1 is 0.889 bits per heavy atom. The summed E-state index contributed by atoms with van der Waals surface area (Å²) in [6.45, 7) is 18.9. The molecule has 18 nitrogen and oxygen atoms in total. The quantitative estimate of drug-likeness (QED) is 0.150. The van der Waals surface area contributed by atoms with Crippen LogP contribution in [0.1, 0.15) is 135 Å². The number of ether oxygens (including phenoxy) is 3. The number of methoxy groups -OCH3 is 1. The second kappa shape index (κ2) is 22.6. The van der Waals surface area contributed by atoms with Gasteiger partial charge in [-0.2, -0.15) is 0 Å². The largest absolute Gasteiger partial charge is 0.464 e. The van der Waals surface area contributed by atoms with E-state index < -0.39 is 17.5 Å². The van der Waals surface area contributed by atoms with Crippen molar-refractivity contribution in [3.63, 3.8) is 0 Å². The van der Waals surface area contributed by atoms with E-state index in [4.69, 9.17) is 19.2 Å². The van der Waals surface area contributed by atoms with Gasteiger partial charge in [-0.15, -0.1) is 0 Å². The van der Waals surface area contributed by atoms with Gasteiger partial charge >= 0.3 is 5.97 Å². The van der Waals surface area contributed by atoms with Gasteiger partial charge in [0.25, 0.3) is 5.91 Å². The first kappa shape index (κ1) is 55.3. The Labute approximate surface area is 479 Å². The lowest BCUT2D eigenvalue weighted by Gasteiger charge is -2.45. The number of cyclic esters (lactones) is 1. The fourth-order valence-electron chi connectivity index (χ4n) is 16.2. The average molecular weight is 1110 g/mol. The maximum absolute atomic E-state index is 15.3. The number of nitrogens with zero attached hydrogens (tertiary/aromatic N) is 8. The molecular formula is C63H91N11O7. The Bertz CT molecular complexity index is 2850. The zero-order valence-corrected chi connectivity index (χ0v) is 49.1. The van der Waals surface area contributed by atoms with Gasteiger partial charge in [-0.05, 0) is 139 Å². The lowest BCUT2D eigenvalue weighted by atomic mass is 9.84. The predicted octanol–water partition coefficient (Wildman–Crippen LogP) is 6.04. The molecule has 8 aliphatic heterocycles. The Kier molecular flexibility index (Phi) is 15.5. The van der Waals surface area contributed by atoms with Gasteiger partial charge in [0, 0.05) is 124 Å². The van der Waals surface area contributed by atoms with E-state index in [1.54, 1.807) is 12.1 Å². The summed E-state index contributed by atoms with van der Waals surface area (Å²) < 4.78 is 21.5. The molecular weight excluding hydrogens is 1020 g/mol. The first-order valence-corrected chi connectivity index (χ1v) is 31.6. The first-order valence-electron chi connectivity index (χ1n) is 31.6. The molecule has 1 spiro atoms. The van der Waals surface area contributed by atoms with Gasteiger partial charge in [-0.1, -0.05) is 33.1 Å². The number of carbonyl (C=O) groups excluding carboxylic acids is 4. The van der Waals surface area contributed by atoms with Crippen molar-refractivity contribution in [3.8, 4) is 11.3 Å². The zero-order valence-electron chi connectivity index (χ0n) is 49.1. The number of pyridine rings is 1. The number of likely N-dealkylation sites (tertiary alicyclic amines) is 2. The fourth-order valence-corrected chi connectivity index (χ4v) is 16.2. The van der Waals surface area contributed by atoms with Crippen LogP contribution >= 0.6 is 0 Å². The molecule has 9 atom stereocenters. The van der Waals surface area contributed by atoms with Gasteiger partial charge in [0.1, 0.15) is 18.1 Å². The molecule has 440 valence electrons. The number of fused-ring (bicyclic) bond motifs is 7. The molecule has 1 aromatic carbocycles.